The zero-order valence-electron chi connectivity index (χ0n) is 18.5. The number of nitrogens with one attached hydrogen (secondary N) is 3. The molecule has 9 nitrogen and oxygen atoms in total. The van der Waals surface area contributed by atoms with Crippen molar-refractivity contribution in [2.24, 2.45) is 0 Å². The Bertz CT molecular complexity index is 823. The Morgan fingerprint density at radius 3 is 2.69 bits per heavy atom. The highest BCUT2D eigenvalue weighted by molar-refractivity contribution is 7.99. The Morgan fingerprint density at radius 1 is 1.22 bits per heavy atom. The number of carbonyl (C=O) groups excluding carboxylic acids is 4. The number of ether oxygens (including phenoxy) is 1. The molecule has 1 heterocycles. The lowest BCUT2D eigenvalue weighted by atomic mass is 10.1. The first kappa shape index (κ1) is 25.9. The minimum absolute atomic E-state index is 0.149. The predicted octanol–water partition coefficient (Wildman–Crippen LogP) is 1.93. The van der Waals surface area contributed by atoms with Crippen molar-refractivity contribution in [3.8, 4) is 0 Å². The number of rotatable bonds is 10. The highest BCUT2D eigenvalue weighted by Crippen LogP contribution is 2.21. The summed E-state index contributed by atoms with van der Waals surface area (Å²) in [5.41, 5.74) is 0.645. The zero-order valence-corrected chi connectivity index (χ0v) is 20.1. The van der Waals surface area contributed by atoms with E-state index in [1.54, 1.807) is 17.8 Å². The lowest BCUT2D eigenvalue weighted by molar-refractivity contribution is -0.140. The van der Waals surface area contributed by atoms with Gasteiger partial charge in [-0.25, -0.2) is 4.79 Å². The maximum atomic E-state index is 12.9. The van der Waals surface area contributed by atoms with Gasteiger partial charge < -0.3 is 25.6 Å². The number of thioether (sulfide) groups is 2. The van der Waals surface area contributed by atoms with Gasteiger partial charge in [-0.3, -0.25) is 14.4 Å². The maximum Gasteiger partial charge on any atom is 0.319 e. The summed E-state index contributed by atoms with van der Waals surface area (Å²) in [5.74, 6) is -0.591. The van der Waals surface area contributed by atoms with Crippen LogP contribution in [0, 0.1) is 0 Å². The smallest absolute Gasteiger partial charge is 0.319 e. The number of amides is 4. The van der Waals surface area contributed by atoms with Crippen LogP contribution in [-0.4, -0.2) is 79.3 Å². The quantitative estimate of drug-likeness (QED) is 0.265. The third-order valence-corrected chi connectivity index (χ3v) is 6.24. The second-order valence-electron chi connectivity index (χ2n) is 7.16. The summed E-state index contributed by atoms with van der Waals surface area (Å²) in [6, 6.07) is 5.68. The Kier molecular flexibility index (Phi) is 10.7. The van der Waals surface area contributed by atoms with Gasteiger partial charge >= 0.3 is 12.0 Å². The Labute approximate surface area is 196 Å². The van der Waals surface area contributed by atoms with Crippen molar-refractivity contribution in [3.63, 3.8) is 0 Å². The lowest BCUT2D eigenvalue weighted by Gasteiger charge is -2.27. The third-order valence-electron chi connectivity index (χ3n) is 4.98. The summed E-state index contributed by atoms with van der Waals surface area (Å²) in [4.78, 5) is 51.8. The Morgan fingerprint density at radius 2 is 2.00 bits per heavy atom. The van der Waals surface area contributed by atoms with Crippen LogP contribution in [-0.2, 0) is 19.1 Å². The standard InChI is InChI=1S/C21H30N4O5S2/c1-30-18(27)8-5-10-22-20(28)19-16(9-11-25(19)17(26)13-31-2)24-21(29)23-14-6-4-7-15(12-14)32-3/h4,6-7,12,16,19H,5,8-11,13H2,1-3H3,(H,22,28)(H2,23,24,29)/t16-,19+/m0/s1. The highest BCUT2D eigenvalue weighted by atomic mass is 32.2. The van der Waals surface area contributed by atoms with E-state index < -0.39 is 18.1 Å². The van der Waals surface area contributed by atoms with Crippen LogP contribution in [0.1, 0.15) is 19.3 Å². The molecule has 1 aromatic rings. The molecule has 1 aliphatic rings. The van der Waals surface area contributed by atoms with Crippen LogP contribution in [0.25, 0.3) is 0 Å². The molecule has 4 amide bonds. The fourth-order valence-electron chi connectivity index (χ4n) is 3.44. The molecule has 32 heavy (non-hydrogen) atoms. The van der Waals surface area contributed by atoms with E-state index in [9.17, 15) is 19.2 Å². The fourth-order valence-corrected chi connectivity index (χ4v) is 4.31. The van der Waals surface area contributed by atoms with Crippen molar-refractivity contribution in [1.82, 2.24) is 15.5 Å². The number of urea groups is 1. The molecule has 0 spiro atoms. The van der Waals surface area contributed by atoms with E-state index in [0.717, 1.165) is 4.90 Å². The first-order valence-corrected chi connectivity index (χ1v) is 12.9. The van der Waals surface area contributed by atoms with E-state index in [4.69, 9.17) is 0 Å². The largest absolute Gasteiger partial charge is 0.469 e. The molecule has 0 radical (unpaired) electrons. The van der Waals surface area contributed by atoms with Gasteiger partial charge in [-0.1, -0.05) is 6.07 Å². The Hall–Kier alpha value is -2.40. The molecule has 1 fully saturated rings. The predicted molar refractivity (Wildman–Crippen MR) is 127 cm³/mol. The van der Waals surface area contributed by atoms with E-state index in [-0.39, 0.29) is 36.5 Å². The lowest BCUT2D eigenvalue weighted by Crippen LogP contribution is -2.55. The van der Waals surface area contributed by atoms with Crippen molar-refractivity contribution in [2.75, 3.05) is 43.8 Å². The van der Waals surface area contributed by atoms with Gasteiger partial charge in [0.2, 0.25) is 11.8 Å². The second kappa shape index (κ2) is 13.2. The number of likely N-dealkylation sites (tertiary alicyclic amines) is 1. The molecule has 0 unspecified atom stereocenters. The van der Waals surface area contributed by atoms with Gasteiger partial charge in [0.05, 0.1) is 18.9 Å². The molecule has 2 rings (SSSR count). The van der Waals surface area contributed by atoms with Gasteiger partial charge in [0.1, 0.15) is 6.04 Å². The summed E-state index contributed by atoms with van der Waals surface area (Å²) in [6.07, 6.45) is 4.86. The van der Waals surface area contributed by atoms with E-state index in [1.165, 1.54) is 23.8 Å². The molecule has 0 bridgehead atoms. The molecule has 11 heteroatoms. The van der Waals surface area contributed by atoms with Crippen LogP contribution in [0.5, 0.6) is 0 Å². The van der Waals surface area contributed by atoms with Crippen molar-refractivity contribution in [3.05, 3.63) is 24.3 Å². The van der Waals surface area contributed by atoms with Crippen LogP contribution >= 0.6 is 23.5 Å². The molecule has 3 N–H and O–H groups in total. The first-order valence-electron chi connectivity index (χ1n) is 10.2. The number of benzene rings is 1. The number of carbonyl (C=O) groups is 4. The number of anilines is 1. The number of methoxy groups -OCH3 is 1. The van der Waals surface area contributed by atoms with E-state index in [0.29, 0.717) is 25.1 Å². The number of hydrogen-bond acceptors (Lipinski definition) is 7. The van der Waals surface area contributed by atoms with Crippen molar-refractivity contribution in [1.29, 1.82) is 0 Å². The number of esters is 1. The van der Waals surface area contributed by atoms with Gasteiger partial charge in [0.15, 0.2) is 0 Å². The maximum absolute atomic E-state index is 12.9. The highest BCUT2D eigenvalue weighted by Gasteiger charge is 2.42. The van der Waals surface area contributed by atoms with Crippen molar-refractivity contribution in [2.45, 2.75) is 36.2 Å². The Balaban J connectivity index is 2.02. The SMILES string of the molecule is COC(=O)CCCNC(=O)[C@H]1[C@@H](NC(=O)Nc2cccc(SC)c2)CCN1C(=O)CSC. The van der Waals surface area contributed by atoms with E-state index in [1.807, 2.05) is 30.7 Å². The zero-order chi connectivity index (χ0) is 23.5. The third kappa shape index (κ3) is 7.63. The van der Waals surface area contributed by atoms with Crippen LogP contribution < -0.4 is 16.0 Å². The molecule has 1 aliphatic heterocycles. The molecule has 1 saturated heterocycles. The van der Waals surface area contributed by atoms with Gasteiger partial charge in [0, 0.05) is 30.1 Å². The van der Waals surface area contributed by atoms with Crippen LogP contribution in [0.2, 0.25) is 0 Å². The summed E-state index contributed by atoms with van der Waals surface area (Å²) in [7, 11) is 1.31. The second-order valence-corrected chi connectivity index (χ2v) is 8.91. The van der Waals surface area contributed by atoms with Crippen molar-refractivity contribution >= 4 is 53.0 Å². The minimum Gasteiger partial charge on any atom is -0.469 e. The number of hydrogen-bond donors (Lipinski definition) is 3. The van der Waals surface area contributed by atoms with Gasteiger partial charge in [-0.05, 0) is 43.6 Å². The summed E-state index contributed by atoms with van der Waals surface area (Å²) < 4.78 is 4.59. The minimum atomic E-state index is -0.809. The van der Waals surface area contributed by atoms with Crippen molar-refractivity contribution < 1.29 is 23.9 Å². The average molecular weight is 483 g/mol. The fraction of sp³-hybridized carbons (Fsp3) is 0.524. The molecular formula is C21H30N4O5S2. The summed E-state index contributed by atoms with van der Waals surface area (Å²) in [5, 5.41) is 8.41. The molecule has 0 aromatic heterocycles. The summed E-state index contributed by atoms with van der Waals surface area (Å²) in [6.45, 7) is 0.655. The molecule has 2 atom stereocenters. The molecule has 1 aromatic carbocycles. The van der Waals surface area contributed by atoms with E-state index >= 15 is 0 Å². The average Bonchev–Trinajstić information content (AvgIpc) is 3.20. The molecule has 0 saturated carbocycles. The van der Waals surface area contributed by atoms with E-state index in [2.05, 4.69) is 20.7 Å². The molecule has 0 aliphatic carbocycles. The van der Waals surface area contributed by atoms with Gasteiger partial charge in [-0.15, -0.1) is 11.8 Å². The molecular weight excluding hydrogens is 452 g/mol. The molecule has 176 valence electrons. The van der Waals surface area contributed by atoms with Gasteiger partial charge in [0.25, 0.3) is 0 Å². The summed E-state index contributed by atoms with van der Waals surface area (Å²) >= 11 is 2.95. The van der Waals surface area contributed by atoms with Gasteiger partial charge in [-0.2, -0.15) is 11.8 Å². The first-order chi connectivity index (χ1) is 15.4. The monoisotopic (exact) mass is 482 g/mol. The van der Waals surface area contributed by atoms with Crippen LogP contribution in [0.3, 0.4) is 0 Å². The topological polar surface area (TPSA) is 117 Å². The van der Waals surface area contributed by atoms with Crippen LogP contribution in [0.15, 0.2) is 29.2 Å². The van der Waals surface area contributed by atoms with Crippen LogP contribution in [0.4, 0.5) is 10.5 Å². The normalized spacial score (nSPS) is 17.5. The number of nitrogens with zero attached hydrogens (tertiary/aromatic N) is 1.